The van der Waals surface area contributed by atoms with Gasteiger partial charge < -0.3 is 9.32 Å². The van der Waals surface area contributed by atoms with E-state index in [4.69, 9.17) is 9.68 Å². The number of furan rings is 1. The van der Waals surface area contributed by atoms with Gasteiger partial charge in [-0.25, -0.2) is 0 Å². The van der Waals surface area contributed by atoms with Crippen LogP contribution in [0.4, 0.5) is 11.4 Å². The molecule has 6 nitrogen and oxygen atoms in total. The van der Waals surface area contributed by atoms with Gasteiger partial charge in [-0.1, -0.05) is 0 Å². The molecule has 0 amide bonds. The minimum Gasteiger partial charge on any atom is -0.467 e. The van der Waals surface area contributed by atoms with Crippen molar-refractivity contribution in [3.8, 4) is 6.07 Å². The monoisotopic (exact) mass is 257 g/mol. The Morgan fingerprint density at radius 2 is 2.26 bits per heavy atom. The number of anilines is 1. The Kier molecular flexibility index (Phi) is 3.48. The van der Waals surface area contributed by atoms with Crippen LogP contribution in [0.2, 0.25) is 0 Å². The summed E-state index contributed by atoms with van der Waals surface area (Å²) < 4.78 is 5.22. The molecule has 0 fully saturated rings. The van der Waals surface area contributed by atoms with E-state index < -0.39 is 4.92 Å². The minimum atomic E-state index is -0.553. The van der Waals surface area contributed by atoms with Gasteiger partial charge in [-0.15, -0.1) is 0 Å². The first kappa shape index (κ1) is 12.6. The molecule has 6 heteroatoms. The second-order valence-corrected chi connectivity index (χ2v) is 4.01. The van der Waals surface area contributed by atoms with E-state index in [2.05, 4.69) is 0 Å². The summed E-state index contributed by atoms with van der Waals surface area (Å²) in [4.78, 5) is 12.1. The van der Waals surface area contributed by atoms with Gasteiger partial charge in [0, 0.05) is 18.8 Å². The average Bonchev–Trinajstić information content (AvgIpc) is 2.90. The quantitative estimate of drug-likeness (QED) is 0.621. The number of nitro groups is 1. The van der Waals surface area contributed by atoms with E-state index in [0.29, 0.717) is 12.2 Å². The van der Waals surface area contributed by atoms with Crippen LogP contribution in [0, 0.1) is 21.4 Å². The fraction of sp³-hybridized carbons (Fsp3) is 0.154. The van der Waals surface area contributed by atoms with E-state index in [-0.39, 0.29) is 11.3 Å². The molecule has 0 bridgehead atoms. The molecule has 2 aromatic rings. The average molecular weight is 257 g/mol. The lowest BCUT2D eigenvalue weighted by atomic mass is 10.1. The van der Waals surface area contributed by atoms with Gasteiger partial charge >= 0.3 is 0 Å². The normalized spacial score (nSPS) is 9.89. The Hall–Kier alpha value is -2.81. The summed E-state index contributed by atoms with van der Waals surface area (Å²) in [6.45, 7) is 0.496. The van der Waals surface area contributed by atoms with Gasteiger partial charge in [0.1, 0.15) is 17.4 Å². The molecule has 0 aliphatic rings. The number of hydrogen-bond donors (Lipinski definition) is 0. The molecule has 0 saturated carbocycles. The van der Waals surface area contributed by atoms with Crippen LogP contribution in [0.15, 0.2) is 41.0 Å². The molecule has 0 unspecified atom stereocenters. The molecule has 0 N–H and O–H groups in total. The molecule has 0 aliphatic carbocycles. The fourth-order valence-corrected chi connectivity index (χ4v) is 1.73. The van der Waals surface area contributed by atoms with Gasteiger partial charge in [-0.3, -0.25) is 10.1 Å². The van der Waals surface area contributed by atoms with Gasteiger partial charge in [0.25, 0.3) is 5.69 Å². The Balaban J connectivity index is 2.28. The van der Waals surface area contributed by atoms with Crippen molar-refractivity contribution in [1.82, 2.24) is 0 Å². The Bertz CT molecular complexity index is 629. The summed E-state index contributed by atoms with van der Waals surface area (Å²) in [6.07, 6.45) is 1.57. The summed E-state index contributed by atoms with van der Waals surface area (Å²) in [6, 6.07) is 9.94. The highest BCUT2D eigenvalue weighted by Crippen LogP contribution is 2.25. The maximum Gasteiger partial charge on any atom is 0.289 e. The predicted octanol–water partition coefficient (Wildman–Crippen LogP) is 2.70. The lowest BCUT2D eigenvalue weighted by molar-refractivity contribution is -0.385. The van der Waals surface area contributed by atoms with Crippen LogP contribution in [0.1, 0.15) is 11.3 Å². The molecule has 96 valence electrons. The molecular formula is C13H11N3O3. The predicted molar refractivity (Wildman–Crippen MR) is 68.6 cm³/mol. The molecule has 0 aliphatic heterocycles. The second kappa shape index (κ2) is 5.23. The highest BCUT2D eigenvalue weighted by atomic mass is 16.6. The Morgan fingerprint density at radius 1 is 1.47 bits per heavy atom. The van der Waals surface area contributed by atoms with Crippen LogP contribution in [-0.4, -0.2) is 12.0 Å². The zero-order valence-electron chi connectivity index (χ0n) is 10.2. The first-order chi connectivity index (χ1) is 9.11. The number of benzene rings is 1. The Morgan fingerprint density at radius 3 is 2.84 bits per heavy atom. The van der Waals surface area contributed by atoms with Gasteiger partial charge in [-0.05, 0) is 24.3 Å². The number of nitrogens with zero attached hydrogens (tertiary/aromatic N) is 3. The molecule has 1 aromatic carbocycles. The van der Waals surface area contributed by atoms with Gasteiger partial charge in [0.05, 0.1) is 17.7 Å². The van der Waals surface area contributed by atoms with Crippen molar-refractivity contribution in [2.45, 2.75) is 6.54 Å². The highest BCUT2D eigenvalue weighted by Gasteiger charge is 2.16. The van der Waals surface area contributed by atoms with Crippen LogP contribution >= 0.6 is 0 Å². The maximum atomic E-state index is 10.9. The van der Waals surface area contributed by atoms with Crippen LogP contribution < -0.4 is 4.90 Å². The van der Waals surface area contributed by atoms with Crippen LogP contribution in [0.5, 0.6) is 0 Å². The molecule has 19 heavy (non-hydrogen) atoms. The lowest BCUT2D eigenvalue weighted by Crippen LogP contribution is -2.16. The third-order valence-electron chi connectivity index (χ3n) is 2.71. The van der Waals surface area contributed by atoms with Crippen molar-refractivity contribution in [3.63, 3.8) is 0 Å². The van der Waals surface area contributed by atoms with Crippen molar-refractivity contribution in [3.05, 3.63) is 58.0 Å². The van der Waals surface area contributed by atoms with E-state index in [0.717, 1.165) is 5.76 Å². The van der Waals surface area contributed by atoms with Crippen molar-refractivity contribution < 1.29 is 9.34 Å². The molecular weight excluding hydrogens is 246 g/mol. The van der Waals surface area contributed by atoms with Crippen molar-refractivity contribution >= 4 is 11.4 Å². The first-order valence-corrected chi connectivity index (χ1v) is 5.54. The molecule has 0 saturated heterocycles. The van der Waals surface area contributed by atoms with Gasteiger partial charge in [0.15, 0.2) is 0 Å². The van der Waals surface area contributed by atoms with E-state index in [9.17, 15) is 10.1 Å². The van der Waals surface area contributed by atoms with E-state index >= 15 is 0 Å². The fourth-order valence-electron chi connectivity index (χ4n) is 1.73. The number of hydrogen-bond acceptors (Lipinski definition) is 5. The van der Waals surface area contributed by atoms with Gasteiger partial charge in [0.2, 0.25) is 0 Å². The summed E-state index contributed by atoms with van der Waals surface area (Å²) in [7, 11) is 1.80. The first-order valence-electron chi connectivity index (χ1n) is 5.54. The summed E-state index contributed by atoms with van der Waals surface area (Å²) in [5, 5.41) is 19.7. The molecule has 0 radical (unpaired) electrons. The van der Waals surface area contributed by atoms with E-state index in [1.54, 1.807) is 25.4 Å². The third kappa shape index (κ3) is 2.72. The summed E-state index contributed by atoms with van der Waals surface area (Å²) >= 11 is 0. The number of nitriles is 1. The standard InChI is InChI=1S/C13H11N3O3/c1-15(9-12-3-2-6-19-12)11-5-4-10(8-14)13(7-11)16(17)18/h2-7H,9H2,1H3. The molecule has 1 heterocycles. The van der Waals surface area contributed by atoms with Crippen molar-refractivity contribution in [2.75, 3.05) is 11.9 Å². The minimum absolute atomic E-state index is 0.0557. The SMILES string of the molecule is CN(Cc1ccco1)c1ccc(C#N)c([N+](=O)[O-])c1. The largest absolute Gasteiger partial charge is 0.467 e. The van der Waals surface area contributed by atoms with Crippen molar-refractivity contribution in [2.24, 2.45) is 0 Å². The smallest absolute Gasteiger partial charge is 0.289 e. The summed E-state index contributed by atoms with van der Waals surface area (Å²) in [5.41, 5.74) is 0.522. The molecule has 0 atom stereocenters. The van der Waals surface area contributed by atoms with Gasteiger partial charge in [-0.2, -0.15) is 5.26 Å². The number of rotatable bonds is 4. The van der Waals surface area contributed by atoms with E-state index in [1.807, 2.05) is 17.0 Å². The topological polar surface area (TPSA) is 83.3 Å². The van der Waals surface area contributed by atoms with Crippen molar-refractivity contribution in [1.29, 1.82) is 5.26 Å². The molecule has 2 rings (SSSR count). The van der Waals surface area contributed by atoms with E-state index in [1.165, 1.54) is 12.1 Å². The highest BCUT2D eigenvalue weighted by molar-refractivity contribution is 5.60. The van der Waals surface area contributed by atoms with Crippen LogP contribution in [0.3, 0.4) is 0 Å². The second-order valence-electron chi connectivity index (χ2n) is 4.01. The number of nitro benzene ring substituents is 1. The maximum absolute atomic E-state index is 10.9. The zero-order chi connectivity index (χ0) is 13.8. The third-order valence-corrected chi connectivity index (χ3v) is 2.71. The Labute approximate surface area is 109 Å². The molecule has 1 aromatic heterocycles. The lowest BCUT2D eigenvalue weighted by Gasteiger charge is -2.17. The van der Waals surface area contributed by atoms with Crippen LogP contribution in [-0.2, 0) is 6.54 Å². The van der Waals surface area contributed by atoms with Crippen LogP contribution in [0.25, 0.3) is 0 Å². The molecule has 0 spiro atoms. The summed E-state index contributed by atoms with van der Waals surface area (Å²) in [5.74, 6) is 0.759. The zero-order valence-corrected chi connectivity index (χ0v) is 10.2.